The maximum absolute atomic E-state index is 12.1. The van der Waals surface area contributed by atoms with E-state index in [2.05, 4.69) is 10.5 Å². The van der Waals surface area contributed by atoms with Crippen molar-refractivity contribution in [1.82, 2.24) is 5.43 Å². The van der Waals surface area contributed by atoms with Gasteiger partial charge >= 0.3 is 0 Å². The first-order valence-corrected chi connectivity index (χ1v) is 8.37. The number of hydrazone groups is 1. The fraction of sp³-hybridized carbons (Fsp3) is 0.222. The number of halogens is 2. The van der Waals surface area contributed by atoms with Gasteiger partial charge in [0.2, 0.25) is 0 Å². The molecule has 2 aromatic carbocycles. The van der Waals surface area contributed by atoms with Crippen LogP contribution in [-0.2, 0) is 4.79 Å². The lowest BCUT2D eigenvalue weighted by Crippen LogP contribution is -2.33. The Kier molecular flexibility index (Phi) is 7.12. The van der Waals surface area contributed by atoms with Gasteiger partial charge in [-0.3, -0.25) is 4.79 Å². The van der Waals surface area contributed by atoms with Crippen molar-refractivity contribution >= 4 is 35.3 Å². The predicted molar refractivity (Wildman–Crippen MR) is 102 cm³/mol. The summed E-state index contributed by atoms with van der Waals surface area (Å²) >= 11 is 11.9. The molecule has 0 aromatic heterocycles. The van der Waals surface area contributed by atoms with Crippen LogP contribution in [0, 0.1) is 0 Å². The van der Waals surface area contributed by atoms with E-state index in [-0.39, 0.29) is 0 Å². The van der Waals surface area contributed by atoms with Crippen molar-refractivity contribution in [3.05, 3.63) is 52.0 Å². The van der Waals surface area contributed by atoms with Crippen LogP contribution in [-0.4, -0.2) is 32.4 Å². The summed E-state index contributed by atoms with van der Waals surface area (Å²) in [6.45, 7) is 1.59. The van der Waals surface area contributed by atoms with Gasteiger partial charge in [0.25, 0.3) is 5.91 Å². The number of nitrogens with zero attached hydrogens (tertiary/aromatic N) is 1. The number of nitrogens with one attached hydrogen (secondary N) is 1. The molecule has 1 N–H and O–H groups in total. The van der Waals surface area contributed by atoms with E-state index in [0.717, 1.165) is 5.56 Å². The minimum absolute atomic E-state index is 0.325. The molecule has 0 saturated carbocycles. The molecule has 0 spiro atoms. The molecule has 0 bridgehead atoms. The topological polar surface area (TPSA) is 69.2 Å². The lowest BCUT2D eigenvalue weighted by molar-refractivity contribution is -0.127. The number of hydrogen-bond acceptors (Lipinski definition) is 5. The van der Waals surface area contributed by atoms with Gasteiger partial charge in [-0.2, -0.15) is 5.10 Å². The van der Waals surface area contributed by atoms with Crippen LogP contribution in [0.4, 0.5) is 0 Å². The summed E-state index contributed by atoms with van der Waals surface area (Å²) in [5, 5.41) is 4.73. The van der Waals surface area contributed by atoms with Crippen molar-refractivity contribution in [2.75, 3.05) is 14.2 Å². The van der Waals surface area contributed by atoms with Gasteiger partial charge in [0.05, 0.1) is 25.5 Å². The standard InChI is InChI=1S/C18H18Cl2N2O4/c1-11(26-15-7-5-13(19)9-14(15)20)18(23)22-21-10-12-4-6-16(24-2)17(8-12)25-3/h4-11H,1-3H3,(H,22,23)/b21-10-/t11-/m0/s1. The van der Waals surface area contributed by atoms with E-state index < -0.39 is 12.0 Å². The van der Waals surface area contributed by atoms with Crippen LogP contribution in [0.1, 0.15) is 12.5 Å². The van der Waals surface area contributed by atoms with Crippen LogP contribution in [0.15, 0.2) is 41.5 Å². The van der Waals surface area contributed by atoms with Gasteiger partial charge in [-0.15, -0.1) is 0 Å². The number of carbonyl (C=O) groups excluding carboxylic acids is 1. The predicted octanol–water partition coefficient (Wildman–Crippen LogP) is 3.93. The van der Waals surface area contributed by atoms with Crippen molar-refractivity contribution in [3.8, 4) is 17.2 Å². The molecule has 6 nitrogen and oxygen atoms in total. The quantitative estimate of drug-likeness (QED) is 0.568. The lowest BCUT2D eigenvalue weighted by atomic mass is 10.2. The monoisotopic (exact) mass is 396 g/mol. The molecule has 138 valence electrons. The highest BCUT2D eigenvalue weighted by Crippen LogP contribution is 2.28. The first kappa shape index (κ1) is 19.9. The van der Waals surface area contributed by atoms with Gasteiger partial charge in [-0.05, 0) is 48.9 Å². The van der Waals surface area contributed by atoms with Crippen molar-refractivity contribution in [3.63, 3.8) is 0 Å². The van der Waals surface area contributed by atoms with Crippen LogP contribution in [0.2, 0.25) is 10.0 Å². The summed E-state index contributed by atoms with van der Waals surface area (Å²) in [6, 6.07) is 10.0. The molecule has 0 aliphatic carbocycles. The van der Waals surface area contributed by atoms with Crippen LogP contribution >= 0.6 is 23.2 Å². The van der Waals surface area contributed by atoms with Crippen molar-refractivity contribution in [2.24, 2.45) is 5.10 Å². The zero-order valence-corrected chi connectivity index (χ0v) is 16.0. The van der Waals surface area contributed by atoms with E-state index in [9.17, 15) is 4.79 Å². The fourth-order valence-corrected chi connectivity index (χ4v) is 2.46. The molecular weight excluding hydrogens is 379 g/mol. The van der Waals surface area contributed by atoms with E-state index >= 15 is 0 Å². The molecule has 26 heavy (non-hydrogen) atoms. The molecule has 0 heterocycles. The van der Waals surface area contributed by atoms with Gasteiger partial charge in [0.15, 0.2) is 17.6 Å². The van der Waals surface area contributed by atoms with E-state index in [0.29, 0.717) is 27.3 Å². The Morgan fingerprint density at radius 2 is 1.77 bits per heavy atom. The smallest absolute Gasteiger partial charge is 0.280 e. The first-order valence-electron chi connectivity index (χ1n) is 7.61. The molecule has 2 rings (SSSR count). The van der Waals surface area contributed by atoms with E-state index in [1.54, 1.807) is 51.5 Å². The number of methoxy groups -OCH3 is 2. The van der Waals surface area contributed by atoms with Gasteiger partial charge in [-0.1, -0.05) is 23.2 Å². The van der Waals surface area contributed by atoms with Crippen LogP contribution in [0.25, 0.3) is 0 Å². The maximum Gasteiger partial charge on any atom is 0.280 e. The molecule has 0 saturated heterocycles. The third-order valence-corrected chi connectivity index (χ3v) is 3.89. The van der Waals surface area contributed by atoms with E-state index in [1.165, 1.54) is 12.3 Å². The largest absolute Gasteiger partial charge is 0.493 e. The zero-order valence-electron chi connectivity index (χ0n) is 14.5. The highest BCUT2D eigenvalue weighted by molar-refractivity contribution is 6.35. The van der Waals surface area contributed by atoms with Gasteiger partial charge in [0.1, 0.15) is 5.75 Å². The molecule has 0 unspecified atom stereocenters. The molecular formula is C18H18Cl2N2O4. The number of hydrogen-bond donors (Lipinski definition) is 1. The molecule has 0 aliphatic heterocycles. The summed E-state index contributed by atoms with van der Waals surface area (Å²) in [7, 11) is 3.10. The van der Waals surface area contributed by atoms with Gasteiger partial charge < -0.3 is 14.2 Å². The molecule has 0 aliphatic rings. The van der Waals surface area contributed by atoms with E-state index in [4.69, 9.17) is 37.4 Å². The molecule has 0 fully saturated rings. The Hall–Kier alpha value is -2.44. The third kappa shape index (κ3) is 5.28. The van der Waals surface area contributed by atoms with E-state index in [1.807, 2.05) is 0 Å². The second-order valence-corrected chi connectivity index (χ2v) is 6.03. The van der Waals surface area contributed by atoms with Crippen molar-refractivity contribution < 1.29 is 19.0 Å². The molecule has 0 radical (unpaired) electrons. The summed E-state index contributed by atoms with van der Waals surface area (Å²) in [6.07, 6.45) is 0.693. The Bertz CT molecular complexity index is 812. The number of amides is 1. The van der Waals surface area contributed by atoms with Crippen molar-refractivity contribution in [2.45, 2.75) is 13.0 Å². The highest BCUT2D eigenvalue weighted by atomic mass is 35.5. The highest BCUT2D eigenvalue weighted by Gasteiger charge is 2.15. The Balaban J connectivity index is 1.95. The number of ether oxygens (including phenoxy) is 3. The third-order valence-electron chi connectivity index (χ3n) is 3.36. The molecule has 1 amide bonds. The van der Waals surface area contributed by atoms with Crippen molar-refractivity contribution in [1.29, 1.82) is 0 Å². The number of carbonyl (C=O) groups is 1. The molecule has 1 atom stereocenters. The maximum atomic E-state index is 12.1. The van der Waals surface area contributed by atoms with Crippen LogP contribution in [0.3, 0.4) is 0 Å². The molecule has 8 heteroatoms. The minimum atomic E-state index is -0.795. The first-order chi connectivity index (χ1) is 12.4. The average molecular weight is 397 g/mol. The summed E-state index contributed by atoms with van der Waals surface area (Å²) in [4.78, 5) is 12.1. The Labute approximate surface area is 161 Å². The normalized spacial score (nSPS) is 11.9. The average Bonchev–Trinajstić information content (AvgIpc) is 2.63. The summed E-state index contributed by atoms with van der Waals surface area (Å²) < 4.78 is 15.9. The van der Waals surface area contributed by atoms with Crippen LogP contribution in [0.5, 0.6) is 17.2 Å². The second kappa shape index (κ2) is 9.31. The Morgan fingerprint density at radius 1 is 1.08 bits per heavy atom. The zero-order chi connectivity index (χ0) is 19.1. The summed E-state index contributed by atoms with van der Waals surface area (Å²) in [5.41, 5.74) is 3.15. The minimum Gasteiger partial charge on any atom is -0.493 e. The number of benzene rings is 2. The van der Waals surface area contributed by atoms with Gasteiger partial charge in [0, 0.05) is 5.02 Å². The lowest BCUT2D eigenvalue weighted by Gasteiger charge is -2.14. The van der Waals surface area contributed by atoms with Gasteiger partial charge in [-0.25, -0.2) is 5.43 Å². The molecule has 2 aromatic rings. The Morgan fingerprint density at radius 3 is 2.42 bits per heavy atom. The number of rotatable bonds is 7. The fourth-order valence-electron chi connectivity index (χ4n) is 2.01. The SMILES string of the molecule is COc1ccc(/C=N\NC(=O)[C@H](C)Oc2ccc(Cl)cc2Cl)cc1OC. The summed E-state index contributed by atoms with van der Waals surface area (Å²) in [5.74, 6) is 1.11. The van der Waals surface area contributed by atoms with Crippen LogP contribution < -0.4 is 19.6 Å². The second-order valence-electron chi connectivity index (χ2n) is 5.18.